The number of furan rings is 1. The van der Waals surface area contributed by atoms with E-state index in [1.807, 2.05) is 30.3 Å². The number of benzene rings is 9. The molecule has 0 aliphatic rings. The molecular formula is C64H41N5OS. The molecule has 71 heavy (non-hydrogen) atoms. The Kier molecular flexibility index (Phi) is 9.34. The molecule has 0 saturated heterocycles. The third-order valence-corrected chi connectivity index (χ3v) is 15.2. The molecular weight excluding hydrogens is 887 g/mol. The van der Waals surface area contributed by atoms with Gasteiger partial charge in [0.1, 0.15) is 11.2 Å². The maximum absolute atomic E-state index is 6.30. The van der Waals surface area contributed by atoms with Gasteiger partial charge in [-0.1, -0.05) is 164 Å². The Labute approximate surface area is 411 Å². The van der Waals surface area contributed by atoms with E-state index in [9.17, 15) is 0 Å². The highest BCUT2D eigenvalue weighted by molar-refractivity contribution is 7.17. The van der Waals surface area contributed by atoms with Crippen LogP contribution in [0.15, 0.2) is 217 Å². The second-order valence-corrected chi connectivity index (χ2v) is 18.9. The van der Waals surface area contributed by atoms with E-state index in [0.717, 1.165) is 115 Å². The van der Waals surface area contributed by atoms with Crippen LogP contribution in [0.2, 0.25) is 0 Å². The normalized spacial score (nSPS) is 12.5. The number of para-hydroxylation sites is 6. The Hall–Kier alpha value is -9.17. The van der Waals surface area contributed by atoms with Gasteiger partial charge in [-0.15, -0.1) is 11.3 Å². The first-order valence-corrected chi connectivity index (χ1v) is 24.7. The molecule has 0 spiro atoms. The average Bonchev–Trinajstić information content (AvgIpc) is 4.19. The number of hydrogen-bond acceptors (Lipinski definition) is 5. The van der Waals surface area contributed by atoms with Crippen molar-refractivity contribution in [2.24, 2.45) is 0 Å². The predicted octanol–water partition coefficient (Wildman–Crippen LogP) is 15.6. The van der Waals surface area contributed by atoms with Crippen LogP contribution in [0, 0.1) is 0 Å². The summed E-state index contributed by atoms with van der Waals surface area (Å²) in [5.41, 5.74) is 13.2. The van der Waals surface area contributed by atoms with Crippen molar-refractivity contribution < 1.29 is 4.42 Å². The fraction of sp³-hybridized carbons (Fsp3) is 0.0156. The van der Waals surface area contributed by atoms with Crippen molar-refractivity contribution in [1.82, 2.24) is 24.1 Å². The fourth-order valence-electron chi connectivity index (χ4n) is 10.9. The van der Waals surface area contributed by atoms with Crippen molar-refractivity contribution >= 4 is 99.1 Å². The van der Waals surface area contributed by atoms with Gasteiger partial charge in [-0.05, 0) is 78.4 Å². The third-order valence-electron chi connectivity index (χ3n) is 13.9. The van der Waals surface area contributed by atoms with Gasteiger partial charge in [0.25, 0.3) is 0 Å². The Bertz CT molecular complexity index is 4630. The van der Waals surface area contributed by atoms with Crippen LogP contribution in [0.5, 0.6) is 0 Å². The molecule has 14 aromatic rings. The molecule has 0 saturated carbocycles. The Morgan fingerprint density at radius 3 is 1.79 bits per heavy atom. The molecule has 0 aliphatic heterocycles. The zero-order valence-electron chi connectivity index (χ0n) is 38.5. The molecule has 0 atom stereocenters. The van der Waals surface area contributed by atoms with Crippen LogP contribution in [0.4, 0.5) is 0 Å². The minimum atomic E-state index is 0.574. The van der Waals surface area contributed by atoms with Crippen molar-refractivity contribution in [2.45, 2.75) is 6.92 Å². The van der Waals surface area contributed by atoms with Gasteiger partial charge in [0.2, 0.25) is 0 Å². The molecule has 0 fully saturated rings. The summed E-state index contributed by atoms with van der Waals surface area (Å²) in [5, 5.41) is 8.92. The first-order valence-electron chi connectivity index (χ1n) is 23.8. The van der Waals surface area contributed by atoms with Gasteiger partial charge < -0.3 is 13.6 Å². The number of rotatable bonds is 7. The lowest BCUT2D eigenvalue weighted by Crippen LogP contribution is -2.17. The summed E-state index contributed by atoms with van der Waals surface area (Å²) in [6, 6.07) is 71.0. The van der Waals surface area contributed by atoms with Crippen LogP contribution < -0.4 is 9.75 Å². The van der Waals surface area contributed by atoms with Crippen molar-refractivity contribution in [1.29, 1.82) is 0 Å². The van der Waals surface area contributed by atoms with E-state index in [2.05, 4.69) is 211 Å². The highest BCUT2D eigenvalue weighted by Gasteiger charge is 2.25. The summed E-state index contributed by atoms with van der Waals surface area (Å²) in [6.45, 7) is 6.14. The summed E-state index contributed by atoms with van der Waals surface area (Å²) in [7, 11) is 0. The predicted molar refractivity (Wildman–Crippen MR) is 297 cm³/mol. The highest BCUT2D eigenvalue weighted by atomic mass is 32.1. The van der Waals surface area contributed by atoms with Crippen LogP contribution in [0.1, 0.15) is 6.92 Å². The van der Waals surface area contributed by atoms with E-state index < -0.39 is 0 Å². The second kappa shape index (κ2) is 16.2. The van der Waals surface area contributed by atoms with Gasteiger partial charge in [0, 0.05) is 69.2 Å². The fourth-order valence-corrected chi connectivity index (χ4v) is 12.0. The molecule has 5 heterocycles. The summed E-state index contributed by atoms with van der Waals surface area (Å²) in [5.74, 6) is 1.75. The zero-order valence-corrected chi connectivity index (χ0v) is 39.4. The van der Waals surface area contributed by atoms with Gasteiger partial charge in [0.15, 0.2) is 17.5 Å². The third kappa shape index (κ3) is 6.30. The van der Waals surface area contributed by atoms with Crippen LogP contribution in [-0.2, 0) is 0 Å². The second-order valence-electron chi connectivity index (χ2n) is 17.8. The molecule has 0 unspecified atom stereocenters. The summed E-state index contributed by atoms with van der Waals surface area (Å²) in [6.07, 6.45) is 6.11. The number of thiophene rings is 1. The van der Waals surface area contributed by atoms with Crippen LogP contribution >= 0.6 is 11.3 Å². The summed E-state index contributed by atoms with van der Waals surface area (Å²) in [4.78, 5) is 16.4. The van der Waals surface area contributed by atoms with E-state index in [1.54, 1.807) is 11.3 Å². The monoisotopic (exact) mass is 927 g/mol. The smallest absolute Gasteiger partial charge is 0.166 e. The minimum Gasteiger partial charge on any atom is -0.456 e. The van der Waals surface area contributed by atoms with Crippen LogP contribution in [-0.4, -0.2) is 24.1 Å². The number of nitrogens with zero attached hydrogens (tertiary/aromatic N) is 5. The molecule has 0 aliphatic carbocycles. The molecule has 9 aromatic carbocycles. The summed E-state index contributed by atoms with van der Waals surface area (Å²) >= 11 is 1.75. The van der Waals surface area contributed by atoms with Crippen LogP contribution in [0.3, 0.4) is 0 Å². The largest absolute Gasteiger partial charge is 0.456 e. The van der Waals surface area contributed by atoms with Crippen molar-refractivity contribution in [2.75, 3.05) is 0 Å². The van der Waals surface area contributed by atoms with E-state index >= 15 is 0 Å². The van der Waals surface area contributed by atoms with Gasteiger partial charge in [-0.3, -0.25) is 0 Å². The zero-order chi connectivity index (χ0) is 47.2. The lowest BCUT2D eigenvalue weighted by molar-refractivity contribution is 0.669. The van der Waals surface area contributed by atoms with Gasteiger partial charge >= 0.3 is 0 Å². The number of aromatic nitrogens is 5. The molecule has 0 amide bonds. The highest BCUT2D eigenvalue weighted by Crippen LogP contribution is 2.44. The van der Waals surface area contributed by atoms with Crippen molar-refractivity contribution in [3.8, 4) is 56.7 Å². The van der Waals surface area contributed by atoms with E-state index in [1.165, 1.54) is 9.92 Å². The first-order chi connectivity index (χ1) is 35.1. The topological polar surface area (TPSA) is 61.7 Å². The van der Waals surface area contributed by atoms with Gasteiger partial charge in [-0.2, -0.15) is 0 Å². The first kappa shape index (κ1) is 40.9. The molecule has 334 valence electrons. The molecule has 6 nitrogen and oxygen atoms in total. The number of hydrogen-bond donors (Lipinski definition) is 0. The molecule has 5 aromatic heterocycles. The number of fused-ring (bicyclic) bond motifs is 10. The van der Waals surface area contributed by atoms with Gasteiger partial charge in [-0.25, -0.2) is 15.0 Å². The lowest BCUT2D eigenvalue weighted by Gasteiger charge is -2.18. The maximum Gasteiger partial charge on any atom is 0.166 e. The summed E-state index contributed by atoms with van der Waals surface area (Å²) < 4.78 is 13.5. The Morgan fingerprint density at radius 2 is 1.01 bits per heavy atom. The minimum absolute atomic E-state index is 0.574. The molecule has 14 rings (SSSR count). The van der Waals surface area contributed by atoms with E-state index in [0.29, 0.717) is 17.5 Å². The molecule has 0 bridgehead atoms. The lowest BCUT2D eigenvalue weighted by atomic mass is 10.0. The number of allylic oxidation sites excluding steroid dienone is 1. The molecule has 0 N–H and O–H groups in total. The Morgan fingerprint density at radius 1 is 0.451 bits per heavy atom. The van der Waals surface area contributed by atoms with E-state index in [4.69, 9.17) is 19.4 Å². The van der Waals surface area contributed by atoms with Crippen molar-refractivity contribution in [3.05, 3.63) is 223 Å². The van der Waals surface area contributed by atoms with Crippen LogP contribution in [0.25, 0.3) is 144 Å². The Balaban J connectivity index is 1.09. The SMILES string of the molecule is C=C/C=c1\c(=C/C)sc2c(-c3nc(-c4ccc5oc6ccccc6c5c4)nc(-c4cccc5c6ccccc6n(-c6cccc7c8ccccc8n(-c8ccccc8-c8ccccc8)c67)c45)n3)cccc12. The molecule has 7 heteroatoms. The quantitative estimate of drug-likeness (QED) is 0.160. The van der Waals surface area contributed by atoms with E-state index in [-0.39, 0.29) is 0 Å². The van der Waals surface area contributed by atoms with Crippen molar-refractivity contribution in [3.63, 3.8) is 0 Å². The molecule has 0 radical (unpaired) electrons. The average molecular weight is 928 g/mol. The van der Waals surface area contributed by atoms with Gasteiger partial charge in [0.05, 0.1) is 33.4 Å². The maximum atomic E-state index is 6.30. The standard InChI is InChI=1S/C64H41N5OS/c1-3-19-45-48-28-17-30-50(61(48)71-58(45)4-2)64-66-62(40-36-37-57-51(38-40)44-25-11-15-35-56(44)70-57)65-63(67-64)49-29-16-26-46-42-23-9-14-33-54(42)69(59(46)49)55-34-18-27-47-43-24-10-13-32-53(43)68(60(47)55)52-31-12-8-22-41(52)39-20-6-5-7-21-39/h3-38H,1H2,2H3/b45-19-,58-4+.